The molecule has 0 saturated heterocycles. The smallest absolute Gasteiger partial charge is 0.119 e. The zero-order valence-corrected chi connectivity index (χ0v) is 13.2. The van der Waals surface area contributed by atoms with Gasteiger partial charge in [0.2, 0.25) is 0 Å². The molecule has 0 saturated carbocycles. The minimum absolute atomic E-state index is 0.674. The molecule has 114 valence electrons. The van der Waals surface area contributed by atoms with Gasteiger partial charge in [0.15, 0.2) is 0 Å². The molecule has 0 spiro atoms. The summed E-state index contributed by atoms with van der Waals surface area (Å²) in [6.07, 6.45) is 3.83. The topological polar surface area (TPSA) is 18.5 Å². The van der Waals surface area contributed by atoms with E-state index in [1.54, 1.807) is 0 Å². The summed E-state index contributed by atoms with van der Waals surface area (Å²) in [7, 11) is 0. The van der Waals surface area contributed by atoms with Gasteiger partial charge in [-0.3, -0.25) is 0 Å². The van der Waals surface area contributed by atoms with Crippen molar-refractivity contribution in [1.82, 2.24) is 0 Å². The van der Waals surface area contributed by atoms with Crippen LogP contribution in [0, 0.1) is 0 Å². The first-order valence-corrected chi connectivity index (χ1v) is 7.57. The SMILES string of the molecule is C=CC=C(c1ccc(OCC)cc1)c1ccc(OCC)cc1. The number of benzene rings is 2. The fraction of sp³-hybridized carbons (Fsp3) is 0.200. The van der Waals surface area contributed by atoms with Crippen LogP contribution in [0.4, 0.5) is 0 Å². The van der Waals surface area contributed by atoms with Gasteiger partial charge in [-0.2, -0.15) is 0 Å². The Labute approximate surface area is 132 Å². The minimum Gasteiger partial charge on any atom is -0.494 e. The molecule has 2 aromatic rings. The number of hydrogen-bond acceptors (Lipinski definition) is 2. The van der Waals surface area contributed by atoms with Gasteiger partial charge in [-0.05, 0) is 54.8 Å². The average Bonchev–Trinajstić information content (AvgIpc) is 2.55. The number of ether oxygens (including phenoxy) is 2. The molecule has 0 aromatic heterocycles. The molecule has 2 rings (SSSR count). The van der Waals surface area contributed by atoms with Crippen LogP contribution in [0.3, 0.4) is 0 Å². The molecule has 0 bridgehead atoms. The van der Waals surface area contributed by atoms with E-state index in [1.807, 2.05) is 50.3 Å². The lowest BCUT2D eigenvalue weighted by atomic mass is 9.97. The fourth-order valence-corrected chi connectivity index (χ4v) is 2.27. The van der Waals surface area contributed by atoms with Crippen molar-refractivity contribution >= 4 is 5.57 Å². The molecule has 0 amide bonds. The maximum absolute atomic E-state index is 5.49. The highest BCUT2D eigenvalue weighted by molar-refractivity contribution is 5.81. The van der Waals surface area contributed by atoms with Crippen molar-refractivity contribution in [3.8, 4) is 11.5 Å². The molecule has 0 aliphatic carbocycles. The average molecular weight is 294 g/mol. The lowest BCUT2D eigenvalue weighted by Crippen LogP contribution is -1.93. The van der Waals surface area contributed by atoms with Crippen LogP contribution >= 0.6 is 0 Å². The molecule has 0 aliphatic rings. The molecule has 22 heavy (non-hydrogen) atoms. The van der Waals surface area contributed by atoms with E-state index >= 15 is 0 Å². The van der Waals surface area contributed by atoms with Crippen molar-refractivity contribution in [3.05, 3.63) is 78.4 Å². The number of allylic oxidation sites excluding steroid dienone is 2. The van der Waals surface area contributed by atoms with Crippen LogP contribution in [0.1, 0.15) is 25.0 Å². The molecular weight excluding hydrogens is 272 g/mol. The van der Waals surface area contributed by atoms with Crippen LogP contribution in [-0.2, 0) is 0 Å². The van der Waals surface area contributed by atoms with Crippen LogP contribution in [0.15, 0.2) is 67.3 Å². The van der Waals surface area contributed by atoms with E-state index in [-0.39, 0.29) is 0 Å². The Morgan fingerprint density at radius 1 is 0.818 bits per heavy atom. The fourth-order valence-electron chi connectivity index (χ4n) is 2.27. The quantitative estimate of drug-likeness (QED) is 0.661. The van der Waals surface area contributed by atoms with Crippen molar-refractivity contribution in [2.24, 2.45) is 0 Å². The summed E-state index contributed by atoms with van der Waals surface area (Å²) < 4.78 is 11.0. The van der Waals surface area contributed by atoms with E-state index in [0.717, 1.165) is 28.2 Å². The molecule has 2 heteroatoms. The Morgan fingerprint density at radius 3 is 1.55 bits per heavy atom. The molecule has 0 aliphatic heterocycles. The van der Waals surface area contributed by atoms with E-state index in [0.29, 0.717) is 13.2 Å². The van der Waals surface area contributed by atoms with Crippen molar-refractivity contribution in [2.75, 3.05) is 13.2 Å². The molecule has 0 radical (unpaired) electrons. The standard InChI is InChI=1S/C20H22O2/c1-4-7-20(16-8-12-18(13-9-16)21-5-2)17-10-14-19(15-11-17)22-6-3/h4,7-15H,1,5-6H2,2-3H3. The lowest BCUT2D eigenvalue weighted by Gasteiger charge is -2.10. The predicted octanol–water partition coefficient (Wildman–Crippen LogP) is 5.10. The Hall–Kier alpha value is -2.48. The van der Waals surface area contributed by atoms with Gasteiger partial charge in [0.1, 0.15) is 11.5 Å². The first kappa shape index (κ1) is 15.9. The molecule has 2 nitrogen and oxygen atoms in total. The van der Waals surface area contributed by atoms with E-state index in [4.69, 9.17) is 9.47 Å². The maximum Gasteiger partial charge on any atom is 0.119 e. The highest BCUT2D eigenvalue weighted by Crippen LogP contribution is 2.27. The molecule has 0 fully saturated rings. The largest absolute Gasteiger partial charge is 0.494 e. The second kappa shape index (κ2) is 8.08. The molecule has 0 atom stereocenters. The highest BCUT2D eigenvalue weighted by Gasteiger charge is 2.05. The zero-order valence-electron chi connectivity index (χ0n) is 13.2. The maximum atomic E-state index is 5.49. The molecular formula is C20H22O2. The highest BCUT2D eigenvalue weighted by atomic mass is 16.5. The monoisotopic (exact) mass is 294 g/mol. The van der Waals surface area contributed by atoms with Gasteiger partial charge in [-0.25, -0.2) is 0 Å². The van der Waals surface area contributed by atoms with Crippen LogP contribution in [0.25, 0.3) is 5.57 Å². The summed E-state index contributed by atoms with van der Waals surface area (Å²) in [6.45, 7) is 9.13. The van der Waals surface area contributed by atoms with Gasteiger partial charge >= 0.3 is 0 Å². The van der Waals surface area contributed by atoms with Crippen molar-refractivity contribution in [2.45, 2.75) is 13.8 Å². The van der Waals surface area contributed by atoms with Crippen molar-refractivity contribution in [3.63, 3.8) is 0 Å². The van der Waals surface area contributed by atoms with E-state index in [9.17, 15) is 0 Å². The van der Waals surface area contributed by atoms with Gasteiger partial charge in [-0.15, -0.1) is 0 Å². The summed E-state index contributed by atoms with van der Waals surface area (Å²) in [6, 6.07) is 16.2. The Kier molecular flexibility index (Phi) is 5.84. The predicted molar refractivity (Wildman–Crippen MR) is 92.5 cm³/mol. The normalized spacial score (nSPS) is 9.91. The molecule has 0 heterocycles. The first-order chi connectivity index (χ1) is 10.8. The summed E-state index contributed by atoms with van der Waals surface area (Å²) in [5.74, 6) is 1.77. The summed E-state index contributed by atoms with van der Waals surface area (Å²) in [4.78, 5) is 0. The van der Waals surface area contributed by atoms with Crippen LogP contribution in [0.2, 0.25) is 0 Å². The Bertz CT molecular complexity index is 570. The van der Waals surface area contributed by atoms with Crippen molar-refractivity contribution < 1.29 is 9.47 Å². The van der Waals surface area contributed by atoms with Gasteiger partial charge in [-0.1, -0.05) is 43.0 Å². The third-order valence-corrected chi connectivity index (χ3v) is 3.24. The second-order valence-corrected chi connectivity index (χ2v) is 4.73. The third kappa shape index (κ3) is 4.01. The van der Waals surface area contributed by atoms with E-state index in [1.165, 1.54) is 0 Å². The van der Waals surface area contributed by atoms with Crippen LogP contribution in [0.5, 0.6) is 11.5 Å². The lowest BCUT2D eigenvalue weighted by molar-refractivity contribution is 0.340. The van der Waals surface area contributed by atoms with Gasteiger partial charge in [0, 0.05) is 0 Å². The van der Waals surface area contributed by atoms with Gasteiger partial charge < -0.3 is 9.47 Å². The van der Waals surface area contributed by atoms with Gasteiger partial charge in [0.05, 0.1) is 13.2 Å². The number of hydrogen-bond donors (Lipinski definition) is 0. The zero-order chi connectivity index (χ0) is 15.8. The van der Waals surface area contributed by atoms with Crippen molar-refractivity contribution in [1.29, 1.82) is 0 Å². The summed E-state index contributed by atoms with van der Waals surface area (Å²) in [5, 5.41) is 0. The third-order valence-electron chi connectivity index (χ3n) is 3.24. The Balaban J connectivity index is 2.29. The van der Waals surface area contributed by atoms with E-state index < -0.39 is 0 Å². The van der Waals surface area contributed by atoms with Gasteiger partial charge in [0.25, 0.3) is 0 Å². The first-order valence-electron chi connectivity index (χ1n) is 7.57. The minimum atomic E-state index is 0.674. The molecule has 0 N–H and O–H groups in total. The summed E-state index contributed by atoms with van der Waals surface area (Å²) >= 11 is 0. The second-order valence-electron chi connectivity index (χ2n) is 4.73. The van der Waals surface area contributed by atoms with E-state index in [2.05, 4.69) is 30.8 Å². The Morgan fingerprint density at radius 2 is 1.23 bits per heavy atom. The molecule has 0 unspecified atom stereocenters. The van der Waals surface area contributed by atoms with Crippen LogP contribution in [-0.4, -0.2) is 13.2 Å². The molecule has 2 aromatic carbocycles. The summed E-state index contributed by atoms with van der Waals surface area (Å²) in [5.41, 5.74) is 3.39. The number of rotatable bonds is 7. The van der Waals surface area contributed by atoms with Crippen LogP contribution < -0.4 is 9.47 Å².